The van der Waals surface area contributed by atoms with Crippen molar-refractivity contribution in [2.45, 2.75) is 37.1 Å². The lowest BCUT2D eigenvalue weighted by atomic mass is 10.2. The first-order valence-corrected chi connectivity index (χ1v) is 11.4. The van der Waals surface area contributed by atoms with Crippen LogP contribution in [0.2, 0.25) is 0 Å². The Labute approximate surface area is 177 Å². The van der Waals surface area contributed by atoms with E-state index in [0.717, 1.165) is 10.6 Å². The number of ether oxygens (including phenoxy) is 1. The highest BCUT2D eigenvalue weighted by atomic mass is 32.2. The molecule has 0 amide bonds. The zero-order valence-electron chi connectivity index (χ0n) is 16.6. The first-order valence-electron chi connectivity index (χ1n) is 8.54. The summed E-state index contributed by atoms with van der Waals surface area (Å²) in [5.41, 5.74) is 3.89. The fraction of sp³-hybridized carbons (Fsp3) is 0.312. The zero-order valence-corrected chi connectivity index (χ0v) is 18.2. The van der Waals surface area contributed by atoms with Gasteiger partial charge in [-0.2, -0.15) is 16.8 Å². The number of benzene rings is 1. The molecule has 170 valence electrons. The van der Waals surface area contributed by atoms with Gasteiger partial charge < -0.3 is 9.84 Å². The lowest BCUT2D eigenvalue weighted by Gasteiger charge is -2.14. The van der Waals surface area contributed by atoms with Crippen LogP contribution in [0.3, 0.4) is 0 Å². The Morgan fingerprint density at radius 3 is 2.13 bits per heavy atom. The zero-order chi connectivity index (χ0) is 23.7. The molecule has 0 aliphatic heterocycles. The van der Waals surface area contributed by atoms with E-state index < -0.39 is 47.2 Å². The van der Waals surface area contributed by atoms with Crippen molar-refractivity contribution in [3.8, 4) is 11.6 Å². The molecular weight excluding hydrogens is 456 g/mol. The lowest BCUT2D eigenvalue weighted by Crippen LogP contribution is -2.24. The van der Waals surface area contributed by atoms with Crippen LogP contribution in [0.15, 0.2) is 36.9 Å². The van der Waals surface area contributed by atoms with Gasteiger partial charge in [0.05, 0.1) is 4.90 Å². The summed E-state index contributed by atoms with van der Waals surface area (Å²) in [6, 6.07) is 1.48. The minimum Gasteiger partial charge on any atom is -0.493 e. The number of hydrogen-bond acceptors (Lipinski definition) is 10. The number of hydrogen-bond donors (Lipinski definition) is 4. The predicted octanol–water partition coefficient (Wildman–Crippen LogP) is 1.39. The molecule has 1 aromatic heterocycles. The smallest absolute Gasteiger partial charge is 0.296 e. The third-order valence-corrected chi connectivity index (χ3v) is 6.10. The summed E-state index contributed by atoms with van der Waals surface area (Å²) in [6.45, 7) is 3.90. The van der Waals surface area contributed by atoms with Crippen LogP contribution >= 0.6 is 0 Å². The molecule has 5 N–H and O–H groups in total. The topological polar surface area (TPSA) is 211 Å². The SMILES string of the molecule is CCn1c(O)c(N=Nc2cc(C)c(S(=O)(=O)O)cc2S(=O)(=O)O)c(C)c(OCN)c1=O. The molecule has 0 spiro atoms. The number of aromatic nitrogens is 1. The van der Waals surface area contributed by atoms with Crippen LogP contribution in [0.4, 0.5) is 11.4 Å². The fourth-order valence-electron chi connectivity index (χ4n) is 2.77. The number of aromatic hydroxyl groups is 1. The van der Waals surface area contributed by atoms with Gasteiger partial charge in [0.1, 0.15) is 17.3 Å². The quantitative estimate of drug-likeness (QED) is 0.256. The number of pyridine rings is 1. The minimum atomic E-state index is -4.98. The number of nitrogens with zero attached hydrogens (tertiary/aromatic N) is 3. The molecule has 0 radical (unpaired) electrons. The average molecular weight is 476 g/mol. The maximum absolute atomic E-state index is 12.4. The normalized spacial score (nSPS) is 12.5. The van der Waals surface area contributed by atoms with Crippen molar-refractivity contribution in [1.29, 1.82) is 0 Å². The van der Waals surface area contributed by atoms with E-state index in [0.29, 0.717) is 6.07 Å². The highest BCUT2D eigenvalue weighted by molar-refractivity contribution is 7.86. The molecule has 2 rings (SSSR count). The average Bonchev–Trinajstić information content (AvgIpc) is 2.63. The molecule has 15 heteroatoms. The number of nitrogens with two attached hydrogens (primary N) is 1. The summed E-state index contributed by atoms with van der Waals surface area (Å²) in [6.07, 6.45) is 0. The second-order valence-electron chi connectivity index (χ2n) is 6.22. The highest BCUT2D eigenvalue weighted by Gasteiger charge is 2.24. The van der Waals surface area contributed by atoms with Gasteiger partial charge in [0, 0.05) is 12.1 Å². The summed E-state index contributed by atoms with van der Waals surface area (Å²) in [5.74, 6) is -0.790. The summed E-state index contributed by atoms with van der Waals surface area (Å²) in [5, 5.41) is 17.9. The number of aryl methyl sites for hydroxylation is 1. The van der Waals surface area contributed by atoms with Crippen LogP contribution in [0, 0.1) is 13.8 Å². The van der Waals surface area contributed by atoms with Gasteiger partial charge in [-0.1, -0.05) is 0 Å². The maximum atomic E-state index is 12.4. The molecule has 1 heterocycles. The molecule has 0 aliphatic carbocycles. The first-order chi connectivity index (χ1) is 14.2. The van der Waals surface area contributed by atoms with Crippen molar-refractivity contribution in [2.24, 2.45) is 16.0 Å². The monoisotopic (exact) mass is 476 g/mol. The Morgan fingerprint density at radius 2 is 1.65 bits per heavy atom. The largest absolute Gasteiger partial charge is 0.493 e. The molecule has 2 aromatic rings. The van der Waals surface area contributed by atoms with E-state index in [9.17, 15) is 35.8 Å². The molecule has 0 unspecified atom stereocenters. The Hall–Kier alpha value is -2.85. The summed E-state index contributed by atoms with van der Waals surface area (Å²) in [7, 11) is -9.78. The van der Waals surface area contributed by atoms with Crippen molar-refractivity contribution in [2.75, 3.05) is 6.73 Å². The maximum Gasteiger partial charge on any atom is 0.296 e. The fourth-order valence-corrected chi connectivity index (χ4v) is 4.21. The van der Waals surface area contributed by atoms with Gasteiger partial charge >= 0.3 is 0 Å². The van der Waals surface area contributed by atoms with Crippen molar-refractivity contribution in [1.82, 2.24) is 4.57 Å². The highest BCUT2D eigenvalue weighted by Crippen LogP contribution is 2.37. The van der Waals surface area contributed by atoms with E-state index in [2.05, 4.69) is 10.2 Å². The molecule has 0 bridgehead atoms. The molecule has 31 heavy (non-hydrogen) atoms. The number of rotatable bonds is 7. The van der Waals surface area contributed by atoms with Gasteiger partial charge in [-0.15, -0.1) is 10.2 Å². The third kappa shape index (κ3) is 4.91. The Kier molecular flexibility index (Phi) is 6.87. The second-order valence-corrected chi connectivity index (χ2v) is 9.00. The molecule has 0 saturated carbocycles. The molecule has 0 saturated heterocycles. The second kappa shape index (κ2) is 8.72. The van der Waals surface area contributed by atoms with E-state index in [1.807, 2.05) is 0 Å². The van der Waals surface area contributed by atoms with Gasteiger partial charge in [0.15, 0.2) is 11.4 Å². The summed E-state index contributed by atoms with van der Waals surface area (Å²) >= 11 is 0. The van der Waals surface area contributed by atoms with E-state index in [1.54, 1.807) is 6.92 Å². The molecule has 1 aromatic carbocycles. The van der Waals surface area contributed by atoms with E-state index in [-0.39, 0.29) is 35.8 Å². The predicted molar refractivity (Wildman–Crippen MR) is 107 cm³/mol. The van der Waals surface area contributed by atoms with E-state index in [4.69, 9.17) is 10.5 Å². The Morgan fingerprint density at radius 1 is 1.06 bits per heavy atom. The molecule has 0 aliphatic rings. The number of azo groups is 1. The van der Waals surface area contributed by atoms with Crippen LogP contribution in [-0.2, 0) is 26.8 Å². The van der Waals surface area contributed by atoms with E-state index >= 15 is 0 Å². The van der Waals surface area contributed by atoms with Crippen molar-refractivity contribution in [3.63, 3.8) is 0 Å². The Bertz CT molecular complexity index is 1330. The first kappa shape index (κ1) is 24.4. The summed E-state index contributed by atoms with van der Waals surface area (Å²) in [4.78, 5) is 10.7. The minimum absolute atomic E-state index is 0.0346. The van der Waals surface area contributed by atoms with E-state index in [1.165, 1.54) is 13.8 Å². The summed E-state index contributed by atoms with van der Waals surface area (Å²) < 4.78 is 71.1. The van der Waals surface area contributed by atoms with Crippen molar-refractivity contribution in [3.05, 3.63) is 33.6 Å². The van der Waals surface area contributed by atoms with Gasteiger partial charge in [0.2, 0.25) is 5.88 Å². The molecule has 0 fully saturated rings. The molecule has 0 atom stereocenters. The standard InChI is InChI=1S/C16H20N4O9S2/c1-4-20-15(21)13(9(3)14(16(20)22)29-7-17)19-18-10-5-8(2)11(30(23,24)25)6-12(10)31(26,27)28/h5-6,21H,4,7,17H2,1-3H3,(H,23,24,25)(H,26,27,28). The van der Waals surface area contributed by atoms with Crippen LogP contribution < -0.4 is 16.0 Å². The molecule has 13 nitrogen and oxygen atoms in total. The van der Waals surface area contributed by atoms with Crippen molar-refractivity contribution < 1.29 is 35.8 Å². The van der Waals surface area contributed by atoms with Crippen LogP contribution in [0.1, 0.15) is 18.1 Å². The van der Waals surface area contributed by atoms with Gasteiger partial charge in [-0.05, 0) is 38.5 Å². The van der Waals surface area contributed by atoms with Crippen molar-refractivity contribution >= 4 is 31.6 Å². The third-order valence-electron chi connectivity index (χ3n) is 4.22. The van der Waals surface area contributed by atoms with Gasteiger partial charge in [-0.3, -0.25) is 24.2 Å². The Balaban J connectivity index is 2.80. The lowest BCUT2D eigenvalue weighted by molar-refractivity contribution is 0.314. The van der Waals surface area contributed by atoms with Crippen LogP contribution in [0.25, 0.3) is 0 Å². The van der Waals surface area contributed by atoms with Crippen LogP contribution in [0.5, 0.6) is 11.6 Å². The van der Waals surface area contributed by atoms with Gasteiger partial charge in [0.25, 0.3) is 25.8 Å². The molecular formula is C16H20N4O9S2. The van der Waals surface area contributed by atoms with Gasteiger partial charge in [-0.25, -0.2) is 0 Å². The van der Waals surface area contributed by atoms with Crippen LogP contribution in [-0.4, -0.2) is 42.3 Å².